The van der Waals surface area contributed by atoms with Gasteiger partial charge in [0.05, 0.1) is 39.0 Å². The van der Waals surface area contributed by atoms with Crippen molar-refractivity contribution in [3.63, 3.8) is 0 Å². The van der Waals surface area contributed by atoms with Crippen LogP contribution in [-0.4, -0.2) is 52.7 Å². The Morgan fingerprint density at radius 1 is 0.743 bits per heavy atom. The maximum Gasteiger partial charge on any atom is 0.128 e. The molecule has 35 heavy (non-hydrogen) atoms. The summed E-state index contributed by atoms with van der Waals surface area (Å²) >= 11 is 6.92. The normalized spacial score (nSPS) is 10.8. The van der Waals surface area contributed by atoms with Gasteiger partial charge in [0, 0.05) is 38.7 Å². The van der Waals surface area contributed by atoms with Crippen molar-refractivity contribution in [3.8, 4) is 5.75 Å². The Morgan fingerprint density at radius 2 is 1.23 bits per heavy atom. The van der Waals surface area contributed by atoms with Gasteiger partial charge >= 0.3 is 0 Å². The van der Waals surface area contributed by atoms with Crippen LogP contribution >= 0.6 is 31.9 Å². The Labute approximate surface area is 221 Å². The SMILES string of the molecule is COCCOCCOCCOc1ccc(N(c2ccc(Br)cc2)c2ccc(Br)cc2)cc1C(=O)[O-]. The summed E-state index contributed by atoms with van der Waals surface area (Å²) in [6.07, 6.45) is 0. The first-order valence-corrected chi connectivity index (χ1v) is 12.5. The van der Waals surface area contributed by atoms with Crippen LogP contribution in [0, 0.1) is 0 Å². The Kier molecular flexibility index (Phi) is 11.0. The minimum Gasteiger partial charge on any atom is -0.545 e. The molecule has 9 heteroatoms. The van der Waals surface area contributed by atoms with Crippen LogP contribution in [0.4, 0.5) is 17.1 Å². The van der Waals surface area contributed by atoms with Crippen molar-refractivity contribution in [2.45, 2.75) is 0 Å². The molecule has 0 radical (unpaired) electrons. The van der Waals surface area contributed by atoms with Crippen LogP contribution in [0.3, 0.4) is 0 Å². The second kappa shape index (κ2) is 14.2. The molecule has 186 valence electrons. The summed E-state index contributed by atoms with van der Waals surface area (Å²) in [6, 6.07) is 20.5. The molecular weight excluding hydrogens is 582 g/mol. The fourth-order valence-electron chi connectivity index (χ4n) is 3.24. The largest absolute Gasteiger partial charge is 0.545 e. The van der Waals surface area contributed by atoms with Crippen molar-refractivity contribution >= 4 is 54.9 Å². The molecule has 0 aliphatic rings. The first kappa shape index (κ1) is 27.2. The van der Waals surface area contributed by atoms with Crippen LogP contribution in [0.25, 0.3) is 0 Å². The van der Waals surface area contributed by atoms with Crippen molar-refractivity contribution < 1.29 is 28.8 Å². The molecule has 0 heterocycles. The summed E-state index contributed by atoms with van der Waals surface area (Å²) in [5.41, 5.74) is 2.36. The molecule has 0 saturated heterocycles. The number of carbonyl (C=O) groups excluding carboxylic acids is 1. The first-order chi connectivity index (χ1) is 17.0. The van der Waals surface area contributed by atoms with Gasteiger partial charge in [0.25, 0.3) is 0 Å². The molecule has 3 aromatic rings. The summed E-state index contributed by atoms with van der Waals surface area (Å²) in [4.78, 5) is 13.9. The van der Waals surface area contributed by atoms with Gasteiger partial charge in [-0.1, -0.05) is 31.9 Å². The molecule has 0 spiro atoms. The highest BCUT2D eigenvalue weighted by Gasteiger charge is 2.16. The summed E-state index contributed by atoms with van der Waals surface area (Å²) in [5.74, 6) is -1.10. The summed E-state index contributed by atoms with van der Waals surface area (Å²) in [5, 5.41) is 11.9. The Bertz CT molecular complexity index is 1030. The molecule has 7 nitrogen and oxygen atoms in total. The zero-order valence-electron chi connectivity index (χ0n) is 19.2. The second-order valence-electron chi connectivity index (χ2n) is 7.32. The maximum atomic E-state index is 11.9. The van der Waals surface area contributed by atoms with Gasteiger partial charge in [-0.2, -0.15) is 0 Å². The van der Waals surface area contributed by atoms with Gasteiger partial charge in [-0.15, -0.1) is 0 Å². The van der Waals surface area contributed by atoms with E-state index in [1.54, 1.807) is 19.2 Å². The first-order valence-electron chi connectivity index (χ1n) is 10.9. The lowest BCUT2D eigenvalue weighted by molar-refractivity contribution is -0.255. The number of anilines is 3. The van der Waals surface area contributed by atoms with E-state index < -0.39 is 5.97 Å². The molecule has 3 rings (SSSR count). The molecule has 0 aliphatic carbocycles. The lowest BCUT2D eigenvalue weighted by Gasteiger charge is -2.27. The molecule has 0 amide bonds. The summed E-state index contributed by atoms with van der Waals surface area (Å²) < 4.78 is 23.3. The monoisotopic (exact) mass is 606 g/mol. The average Bonchev–Trinajstić information content (AvgIpc) is 2.86. The Balaban J connectivity index is 1.74. The van der Waals surface area contributed by atoms with Gasteiger partial charge in [-0.3, -0.25) is 0 Å². The minimum absolute atomic E-state index is 0.0374. The number of hydrogen-bond acceptors (Lipinski definition) is 7. The van der Waals surface area contributed by atoms with E-state index in [1.807, 2.05) is 59.5 Å². The molecule has 0 aliphatic heterocycles. The standard InChI is InChI=1S/C26H27Br2NO6/c1-32-12-13-33-14-15-34-16-17-35-25-11-10-23(18-24(25)26(30)31)29(21-6-2-19(27)3-7-21)22-8-4-20(28)5-9-22/h2-11,18H,12-17H2,1H3,(H,30,31)/p-1. The van der Waals surface area contributed by atoms with Crippen LogP contribution < -0.4 is 14.7 Å². The predicted molar refractivity (Wildman–Crippen MR) is 140 cm³/mol. The maximum absolute atomic E-state index is 11.9. The quantitative estimate of drug-likeness (QED) is 0.236. The van der Waals surface area contributed by atoms with Gasteiger partial charge in [0.15, 0.2) is 0 Å². The van der Waals surface area contributed by atoms with Gasteiger partial charge in [-0.25, -0.2) is 0 Å². The molecule has 0 fully saturated rings. The Hall–Kier alpha value is -2.43. The number of rotatable bonds is 14. The van der Waals surface area contributed by atoms with E-state index in [2.05, 4.69) is 31.9 Å². The van der Waals surface area contributed by atoms with Gasteiger partial charge in [0.1, 0.15) is 12.4 Å². The number of aromatic carboxylic acids is 1. The number of benzene rings is 3. The second-order valence-corrected chi connectivity index (χ2v) is 9.15. The van der Waals surface area contributed by atoms with E-state index in [0.717, 1.165) is 20.3 Å². The molecular formula is C26H26Br2NO6-. The number of ether oxygens (including phenoxy) is 4. The third-order valence-electron chi connectivity index (χ3n) is 4.90. The summed E-state index contributed by atoms with van der Waals surface area (Å²) in [6.45, 7) is 2.40. The van der Waals surface area contributed by atoms with E-state index in [1.165, 1.54) is 0 Å². The van der Waals surface area contributed by atoms with Crippen molar-refractivity contribution in [2.75, 3.05) is 51.7 Å². The summed E-state index contributed by atoms with van der Waals surface area (Å²) in [7, 11) is 1.61. The molecule has 0 bridgehead atoms. The van der Waals surface area contributed by atoms with Crippen molar-refractivity contribution in [1.29, 1.82) is 0 Å². The van der Waals surface area contributed by atoms with E-state index >= 15 is 0 Å². The topological polar surface area (TPSA) is 80.3 Å². The zero-order valence-corrected chi connectivity index (χ0v) is 22.4. The minimum atomic E-state index is -1.32. The smallest absolute Gasteiger partial charge is 0.128 e. The molecule has 3 aromatic carbocycles. The van der Waals surface area contributed by atoms with Gasteiger partial charge in [-0.05, 0) is 66.7 Å². The zero-order chi connectivity index (χ0) is 25.0. The highest BCUT2D eigenvalue weighted by Crippen LogP contribution is 2.37. The van der Waals surface area contributed by atoms with Crippen LogP contribution in [0.1, 0.15) is 10.4 Å². The number of halogens is 2. The van der Waals surface area contributed by atoms with E-state index in [-0.39, 0.29) is 17.9 Å². The molecule has 0 saturated carbocycles. The number of carbonyl (C=O) groups is 1. The van der Waals surface area contributed by atoms with E-state index in [0.29, 0.717) is 38.7 Å². The number of hydrogen-bond donors (Lipinski definition) is 0. The number of nitrogens with zero attached hydrogens (tertiary/aromatic N) is 1. The van der Waals surface area contributed by atoms with E-state index in [9.17, 15) is 9.90 Å². The van der Waals surface area contributed by atoms with Gasteiger partial charge < -0.3 is 33.7 Å². The average molecular weight is 608 g/mol. The lowest BCUT2D eigenvalue weighted by atomic mass is 10.1. The van der Waals surface area contributed by atoms with Crippen molar-refractivity contribution in [3.05, 3.63) is 81.2 Å². The number of carboxylic acid groups (broad SMARTS) is 1. The molecule has 0 aromatic heterocycles. The highest BCUT2D eigenvalue weighted by molar-refractivity contribution is 9.10. The van der Waals surface area contributed by atoms with Crippen LogP contribution in [0.15, 0.2) is 75.7 Å². The third kappa shape index (κ3) is 8.33. The van der Waals surface area contributed by atoms with Crippen LogP contribution in [0.5, 0.6) is 5.75 Å². The fraction of sp³-hybridized carbons (Fsp3) is 0.269. The molecule has 0 N–H and O–H groups in total. The number of methoxy groups -OCH3 is 1. The number of carboxylic acids is 1. The van der Waals surface area contributed by atoms with E-state index in [4.69, 9.17) is 18.9 Å². The lowest BCUT2D eigenvalue weighted by Crippen LogP contribution is -2.24. The predicted octanol–water partition coefficient (Wildman–Crippen LogP) is 5.10. The third-order valence-corrected chi connectivity index (χ3v) is 5.96. The molecule has 0 unspecified atom stereocenters. The van der Waals surface area contributed by atoms with Crippen LogP contribution in [0.2, 0.25) is 0 Å². The Morgan fingerprint density at radius 3 is 1.74 bits per heavy atom. The van der Waals surface area contributed by atoms with Crippen molar-refractivity contribution in [2.24, 2.45) is 0 Å². The van der Waals surface area contributed by atoms with Gasteiger partial charge in [0.2, 0.25) is 0 Å². The highest BCUT2D eigenvalue weighted by atomic mass is 79.9. The van der Waals surface area contributed by atoms with Crippen molar-refractivity contribution in [1.82, 2.24) is 0 Å². The van der Waals surface area contributed by atoms with Crippen LogP contribution in [-0.2, 0) is 14.2 Å². The molecule has 0 atom stereocenters. The fourth-order valence-corrected chi connectivity index (χ4v) is 3.77.